The Morgan fingerprint density at radius 3 is 2.23 bits per heavy atom. The van der Waals surface area contributed by atoms with Crippen LogP contribution in [0.15, 0.2) is 47.6 Å². The largest absolute Gasteiger partial charge is 0.481 e. The minimum absolute atomic E-state index is 0.0129. The van der Waals surface area contributed by atoms with Crippen LogP contribution >= 0.6 is 0 Å². The Morgan fingerprint density at radius 1 is 0.904 bits per heavy atom. The maximum absolute atomic E-state index is 14.6. The van der Waals surface area contributed by atoms with Crippen LogP contribution in [0.1, 0.15) is 132 Å². The van der Waals surface area contributed by atoms with Crippen LogP contribution in [0.25, 0.3) is 0 Å². The molecule has 17 heteroatoms. The van der Waals surface area contributed by atoms with Gasteiger partial charge >= 0.3 is 11.9 Å². The molecule has 0 aromatic carbocycles. The van der Waals surface area contributed by atoms with Crippen LogP contribution in [0.2, 0.25) is 0 Å². The minimum Gasteiger partial charge on any atom is -0.481 e. The Kier molecular flexibility index (Phi) is 23.4. The summed E-state index contributed by atoms with van der Waals surface area (Å²) >= 11 is 0. The zero-order valence-corrected chi connectivity index (χ0v) is 45.2. The van der Waals surface area contributed by atoms with E-state index in [1.54, 1.807) is 40.9 Å². The van der Waals surface area contributed by atoms with Gasteiger partial charge in [-0.05, 0) is 114 Å². The molecule has 3 heterocycles. The van der Waals surface area contributed by atoms with E-state index in [2.05, 4.69) is 0 Å². The van der Waals surface area contributed by atoms with Gasteiger partial charge in [0.2, 0.25) is 5.79 Å². The van der Waals surface area contributed by atoms with Gasteiger partial charge in [-0.15, -0.1) is 0 Å². The van der Waals surface area contributed by atoms with Crippen molar-refractivity contribution in [3.63, 3.8) is 0 Å². The Balaban J connectivity index is 1.71. The lowest BCUT2D eigenvalue weighted by Gasteiger charge is -2.43. The van der Waals surface area contributed by atoms with Crippen molar-refractivity contribution >= 4 is 35.2 Å². The highest BCUT2D eigenvalue weighted by Crippen LogP contribution is 2.42. The average Bonchev–Trinajstić information content (AvgIpc) is 3.36. The minimum atomic E-state index is -2.48. The molecule has 73 heavy (non-hydrogen) atoms. The molecule has 2 bridgehead atoms. The summed E-state index contributed by atoms with van der Waals surface area (Å²) in [6.07, 6.45) is 8.62. The molecule has 0 spiro atoms. The van der Waals surface area contributed by atoms with Crippen LogP contribution < -0.4 is 0 Å². The normalized spacial score (nSPS) is 38.6. The smallest absolute Gasteiger partial charge is 0.329 e. The van der Waals surface area contributed by atoms with Gasteiger partial charge in [-0.2, -0.15) is 0 Å². The number of carboxylic acids is 1. The number of esters is 1. The average molecular weight is 1030 g/mol. The van der Waals surface area contributed by atoms with E-state index in [0.29, 0.717) is 63.4 Å². The fourth-order valence-corrected chi connectivity index (χ4v) is 11.3. The molecule has 1 amide bonds. The highest BCUT2D eigenvalue weighted by Gasteiger charge is 2.53. The second kappa shape index (κ2) is 27.7. The van der Waals surface area contributed by atoms with E-state index >= 15 is 0 Å². The molecule has 4 aliphatic rings. The monoisotopic (exact) mass is 1030 g/mol. The number of piperidine rings is 1. The first-order valence-electron chi connectivity index (χ1n) is 26.4. The second-order valence-electron chi connectivity index (χ2n) is 22.0. The van der Waals surface area contributed by atoms with Gasteiger partial charge in [0, 0.05) is 64.4 Å². The molecule has 0 aromatic rings. The fourth-order valence-electron chi connectivity index (χ4n) is 11.3. The van der Waals surface area contributed by atoms with E-state index in [1.165, 1.54) is 21.1 Å². The molecule has 412 valence electrons. The summed E-state index contributed by atoms with van der Waals surface area (Å²) in [5.74, 6) is -10.7. The number of carboxylic acid groups (broad SMARTS) is 1. The number of aliphatic hydroxyl groups is 4. The number of cyclic esters (lactones) is 1. The Hall–Kier alpha value is -3.94. The number of nitrogens with zero attached hydrogens (tertiary/aromatic N) is 1. The van der Waals surface area contributed by atoms with Crippen molar-refractivity contribution in [1.82, 2.24) is 4.90 Å². The topological polar surface area (TPSA) is 253 Å². The van der Waals surface area contributed by atoms with Crippen LogP contribution in [0.4, 0.5) is 0 Å². The summed E-state index contributed by atoms with van der Waals surface area (Å²) in [7, 11) is 4.39. The van der Waals surface area contributed by atoms with Crippen LogP contribution in [0.3, 0.4) is 0 Å². The fraction of sp³-hybridized carbons (Fsp3) is 0.750. The van der Waals surface area contributed by atoms with Crippen molar-refractivity contribution in [3.05, 3.63) is 47.6 Å². The summed E-state index contributed by atoms with van der Waals surface area (Å²) in [5.41, 5.74) is -0.621. The summed E-state index contributed by atoms with van der Waals surface area (Å²) in [4.78, 5) is 84.6. The lowest BCUT2D eigenvalue weighted by Crippen LogP contribution is -2.61. The predicted octanol–water partition coefficient (Wildman–Crippen LogP) is 5.88. The van der Waals surface area contributed by atoms with Gasteiger partial charge in [-0.3, -0.25) is 24.0 Å². The molecule has 0 aromatic heterocycles. The first-order chi connectivity index (χ1) is 34.4. The number of aliphatic carboxylic acids is 1. The third-order valence-electron chi connectivity index (χ3n) is 16.4. The van der Waals surface area contributed by atoms with Crippen LogP contribution in [0, 0.1) is 46.8 Å². The summed E-state index contributed by atoms with van der Waals surface area (Å²) in [5, 5.41) is 54.7. The third-order valence-corrected chi connectivity index (χ3v) is 16.4. The molecule has 17 atom stereocenters. The Morgan fingerprint density at radius 2 is 1.60 bits per heavy atom. The van der Waals surface area contributed by atoms with Crippen molar-refractivity contribution < 1.29 is 78.0 Å². The number of aliphatic hydroxyl groups excluding tert-OH is 3. The first-order valence-corrected chi connectivity index (χ1v) is 26.4. The number of ether oxygens (including phenoxy) is 5. The molecule has 3 fully saturated rings. The molecule has 4 unspecified atom stereocenters. The van der Waals surface area contributed by atoms with Crippen LogP contribution in [-0.2, 0) is 52.5 Å². The van der Waals surface area contributed by atoms with Gasteiger partial charge in [0.1, 0.15) is 35.6 Å². The number of carbonyl (C=O) groups is 6. The third kappa shape index (κ3) is 15.4. The summed E-state index contributed by atoms with van der Waals surface area (Å²) in [6, 6.07) is -1.22. The van der Waals surface area contributed by atoms with Crippen molar-refractivity contribution in [2.75, 3.05) is 34.5 Å². The second-order valence-corrected chi connectivity index (χ2v) is 22.0. The number of amides is 1. The molecule has 17 nitrogen and oxygen atoms in total. The van der Waals surface area contributed by atoms with E-state index in [4.69, 9.17) is 23.7 Å². The van der Waals surface area contributed by atoms with Gasteiger partial charge in [0.15, 0.2) is 5.78 Å². The van der Waals surface area contributed by atoms with Crippen molar-refractivity contribution in [2.45, 2.75) is 187 Å². The summed E-state index contributed by atoms with van der Waals surface area (Å²) in [6.45, 7) is 13.0. The Labute approximate surface area is 432 Å². The molecule has 5 N–H and O–H groups in total. The molecule has 1 saturated carbocycles. The number of hydrogen-bond donors (Lipinski definition) is 5. The van der Waals surface area contributed by atoms with E-state index in [9.17, 15) is 54.3 Å². The number of ketones is 3. The molecular weight excluding hydrogens is 943 g/mol. The molecule has 0 radical (unpaired) electrons. The number of methoxy groups -OCH3 is 3. The van der Waals surface area contributed by atoms with Crippen LogP contribution in [-0.4, -0.2) is 155 Å². The van der Waals surface area contributed by atoms with Gasteiger partial charge in [0.05, 0.1) is 31.0 Å². The van der Waals surface area contributed by atoms with Gasteiger partial charge in [0.25, 0.3) is 11.7 Å². The standard InChI is InChI=1S/C56H87NO16/c1-32-17-13-12-14-18-33(2)44(69-9)29-40-22-20-38(7)56(68,73-40)51(63)52(64)57-24-16-15-19-42(57)53(65)72-45(30-43(59)34(3)26-37(6)48(61)49(71-11)47(60)36(5)25-32)35(4)27-39-21-23-41(46(28-39)70-10)50(62)55(8,31-58)54(66)67/h12-14,17-18,26,32,34-36,38-42,44-46,48-50,58,61-62,68H,15-16,19-25,27-31H2,1-11H3,(H,66,67)/b14-12+,17-13+,33-18+,37-26+/t32-,34-,35?,36-,38-,39+,40+,41+,42+,44+,45+,46?,48-,49+,50?,55?,56-/m1/s1. The highest BCUT2D eigenvalue weighted by molar-refractivity contribution is 6.39. The number of carbonyl (C=O) groups excluding carboxylic acids is 5. The van der Waals surface area contributed by atoms with E-state index < -0.39 is 120 Å². The zero-order chi connectivity index (χ0) is 54.5. The van der Waals surface area contributed by atoms with Crippen molar-refractivity contribution in [1.29, 1.82) is 0 Å². The number of hydrogen-bond acceptors (Lipinski definition) is 15. The highest BCUT2D eigenvalue weighted by atomic mass is 16.6. The number of Topliss-reactive ketones (excluding diaryl/α,β-unsaturated/α-hetero) is 3. The number of fused-ring (bicyclic) bond motifs is 3. The van der Waals surface area contributed by atoms with E-state index in [1.807, 2.05) is 51.2 Å². The zero-order valence-electron chi connectivity index (χ0n) is 45.2. The lowest BCUT2D eigenvalue weighted by molar-refractivity contribution is -0.265. The van der Waals surface area contributed by atoms with Gasteiger partial charge < -0.3 is 54.1 Å². The van der Waals surface area contributed by atoms with E-state index in [-0.39, 0.29) is 49.2 Å². The molecule has 1 aliphatic carbocycles. The number of allylic oxidation sites excluding steroid dienone is 6. The maximum atomic E-state index is 14.6. The number of rotatable bonds is 10. The maximum Gasteiger partial charge on any atom is 0.329 e. The quantitative estimate of drug-likeness (QED) is 0.0973. The van der Waals surface area contributed by atoms with Crippen LogP contribution in [0.5, 0.6) is 0 Å². The molecule has 2 saturated heterocycles. The first kappa shape index (κ1) is 61.6. The molecular formula is C56H87NO16. The lowest BCUT2D eigenvalue weighted by atomic mass is 9.68. The van der Waals surface area contributed by atoms with E-state index in [0.717, 1.165) is 10.5 Å². The van der Waals surface area contributed by atoms with Crippen molar-refractivity contribution in [2.24, 2.45) is 46.8 Å². The molecule has 3 aliphatic heterocycles. The molecule has 4 rings (SSSR count). The SMILES string of the molecule is COC1C[C@H](CC(C)[C@@H]2CC(=O)[C@H](C)/C=C(\C)[C@@H](O)[C@@H](OC)C(=O)[C@H](C)C[C@H](C)/C=C/C=C/C=C(\C)[C@@H](OC)C[C@@H]3CC[C@@H](C)[C@@](O)(O3)C(=O)C(=O)N3CCCC[C@H]3C(=O)O2)CC[C@@H]1C(O)C(C)(CO)C(=O)O. The predicted molar refractivity (Wildman–Crippen MR) is 271 cm³/mol. The van der Waals surface area contributed by atoms with Crippen molar-refractivity contribution in [3.8, 4) is 0 Å². The van der Waals surface area contributed by atoms with Gasteiger partial charge in [-0.25, -0.2) is 4.79 Å². The summed E-state index contributed by atoms with van der Waals surface area (Å²) < 4.78 is 29.7. The Bertz CT molecular complexity index is 2030. The van der Waals surface area contributed by atoms with Gasteiger partial charge in [-0.1, -0.05) is 71.1 Å².